The molecule has 0 N–H and O–H groups in total. The molecule has 0 saturated carbocycles. The minimum atomic E-state index is -4.50. The van der Waals surface area contributed by atoms with Crippen LogP contribution in [0.3, 0.4) is 0 Å². The lowest BCUT2D eigenvalue weighted by Crippen LogP contribution is -2.08. The largest absolute Gasteiger partial charge is 0.437 e. The van der Waals surface area contributed by atoms with Crippen LogP contribution in [-0.2, 0) is 6.18 Å². The Morgan fingerprint density at radius 1 is 1.06 bits per heavy atom. The third-order valence-electron chi connectivity index (χ3n) is 2.12. The number of para-hydroxylation sites is 1. The highest BCUT2D eigenvalue weighted by Crippen LogP contribution is 2.37. The smallest absolute Gasteiger partial charge is 0.421 e. The Morgan fingerprint density at radius 3 is 2.44 bits per heavy atom. The van der Waals surface area contributed by atoms with Crippen LogP contribution in [-0.4, -0.2) is 4.98 Å². The molecular weight excluding hydrogens is 311 g/mol. The first kappa shape index (κ1) is 12.9. The molecule has 0 amide bonds. The number of aromatic nitrogens is 1. The zero-order valence-electron chi connectivity index (χ0n) is 8.91. The highest BCUT2D eigenvalue weighted by Gasteiger charge is 2.35. The number of ether oxygens (including phenoxy) is 1. The monoisotopic (exact) mass is 317 g/mol. The van der Waals surface area contributed by atoms with Crippen molar-refractivity contribution < 1.29 is 17.9 Å². The summed E-state index contributed by atoms with van der Waals surface area (Å²) in [5.74, 6) is -0.182. The first-order chi connectivity index (χ1) is 8.48. The van der Waals surface area contributed by atoms with Crippen LogP contribution in [0.4, 0.5) is 13.2 Å². The normalized spacial score (nSPS) is 11.3. The predicted octanol–water partition coefficient (Wildman–Crippen LogP) is 4.66. The molecule has 2 rings (SSSR count). The quantitative estimate of drug-likeness (QED) is 0.804. The Kier molecular flexibility index (Phi) is 3.56. The molecule has 0 bridgehead atoms. The third-order valence-corrected chi connectivity index (χ3v) is 2.77. The Hall–Kier alpha value is -1.56. The van der Waals surface area contributed by atoms with Gasteiger partial charge in [-0.2, -0.15) is 13.2 Å². The number of halogens is 4. The Balaban J connectivity index is 2.39. The van der Waals surface area contributed by atoms with Crippen LogP contribution in [0.1, 0.15) is 5.56 Å². The molecule has 0 aliphatic heterocycles. The molecule has 1 heterocycles. The van der Waals surface area contributed by atoms with E-state index in [9.17, 15) is 13.2 Å². The summed E-state index contributed by atoms with van der Waals surface area (Å²) in [5, 5.41) is 0. The molecule has 0 aliphatic carbocycles. The molecule has 6 heteroatoms. The molecule has 2 aromatic rings. The molecule has 0 aliphatic rings. The Labute approximate surface area is 110 Å². The number of hydrogen-bond acceptors (Lipinski definition) is 2. The van der Waals surface area contributed by atoms with Crippen molar-refractivity contribution >= 4 is 15.9 Å². The van der Waals surface area contributed by atoms with Crippen LogP contribution in [0.15, 0.2) is 47.1 Å². The van der Waals surface area contributed by atoms with E-state index in [2.05, 4.69) is 20.9 Å². The predicted molar refractivity (Wildman–Crippen MR) is 63.5 cm³/mol. The van der Waals surface area contributed by atoms with Crippen LogP contribution in [0.25, 0.3) is 0 Å². The summed E-state index contributed by atoms with van der Waals surface area (Å²) in [4.78, 5) is 3.62. The first-order valence-corrected chi connectivity index (χ1v) is 5.72. The van der Waals surface area contributed by atoms with Crippen LogP contribution >= 0.6 is 15.9 Å². The van der Waals surface area contributed by atoms with E-state index >= 15 is 0 Å². The lowest BCUT2D eigenvalue weighted by molar-refractivity contribution is -0.138. The molecule has 2 nitrogen and oxygen atoms in total. The number of hydrogen-bond donors (Lipinski definition) is 0. The molecule has 0 spiro atoms. The molecule has 0 saturated heterocycles. The van der Waals surface area contributed by atoms with Gasteiger partial charge in [0, 0.05) is 6.20 Å². The molecule has 1 aromatic heterocycles. The van der Waals surface area contributed by atoms with Gasteiger partial charge >= 0.3 is 6.18 Å². The van der Waals surface area contributed by atoms with Crippen LogP contribution in [0.5, 0.6) is 11.6 Å². The van der Waals surface area contributed by atoms with Gasteiger partial charge in [0.15, 0.2) is 0 Å². The number of rotatable bonds is 2. The summed E-state index contributed by atoms with van der Waals surface area (Å²) in [6.45, 7) is 0. The molecule has 0 unspecified atom stereocenters. The van der Waals surface area contributed by atoms with E-state index in [4.69, 9.17) is 4.74 Å². The van der Waals surface area contributed by atoms with Crippen molar-refractivity contribution in [1.82, 2.24) is 4.98 Å². The summed E-state index contributed by atoms with van der Waals surface area (Å²) < 4.78 is 43.9. The summed E-state index contributed by atoms with van der Waals surface area (Å²) in [5.41, 5.74) is -0.902. The fourth-order valence-electron chi connectivity index (χ4n) is 1.32. The van der Waals surface area contributed by atoms with E-state index in [1.54, 1.807) is 24.3 Å². The highest BCUT2D eigenvalue weighted by atomic mass is 79.9. The van der Waals surface area contributed by atoms with Crippen LogP contribution in [0.2, 0.25) is 0 Å². The topological polar surface area (TPSA) is 22.1 Å². The van der Waals surface area contributed by atoms with Gasteiger partial charge in [0.1, 0.15) is 11.3 Å². The summed E-state index contributed by atoms with van der Waals surface area (Å²) in [7, 11) is 0. The van der Waals surface area contributed by atoms with Gasteiger partial charge in [-0.3, -0.25) is 0 Å². The lowest BCUT2D eigenvalue weighted by atomic mass is 10.2. The lowest BCUT2D eigenvalue weighted by Gasteiger charge is -2.12. The van der Waals surface area contributed by atoms with Gasteiger partial charge in [0.2, 0.25) is 5.88 Å². The van der Waals surface area contributed by atoms with Crippen molar-refractivity contribution in [2.75, 3.05) is 0 Å². The van der Waals surface area contributed by atoms with Crippen LogP contribution < -0.4 is 4.74 Å². The molecule has 0 radical (unpaired) electrons. The van der Waals surface area contributed by atoms with E-state index in [-0.39, 0.29) is 5.75 Å². The third kappa shape index (κ3) is 2.81. The molecule has 0 fully saturated rings. The zero-order chi connectivity index (χ0) is 13.2. The minimum Gasteiger partial charge on any atom is -0.437 e. The first-order valence-electron chi connectivity index (χ1n) is 4.93. The van der Waals surface area contributed by atoms with Gasteiger partial charge in [0.05, 0.1) is 4.47 Å². The SMILES string of the molecule is FC(F)(F)c1cccnc1Oc1ccccc1Br. The average molecular weight is 318 g/mol. The number of nitrogens with zero attached hydrogens (tertiary/aromatic N) is 1. The number of benzene rings is 1. The van der Waals surface area contributed by atoms with Gasteiger partial charge in [-0.05, 0) is 40.2 Å². The molecule has 0 atom stereocenters. The van der Waals surface area contributed by atoms with Crippen LogP contribution in [0, 0.1) is 0 Å². The molecule has 1 aromatic carbocycles. The minimum absolute atomic E-state index is 0.279. The van der Waals surface area contributed by atoms with Crippen molar-refractivity contribution in [2.45, 2.75) is 6.18 Å². The standard InChI is InChI=1S/C12H7BrF3NO/c13-9-5-1-2-6-10(9)18-11-8(12(14,15)16)4-3-7-17-11/h1-7H. The maximum Gasteiger partial charge on any atom is 0.421 e. The molecule has 18 heavy (non-hydrogen) atoms. The highest BCUT2D eigenvalue weighted by molar-refractivity contribution is 9.10. The average Bonchev–Trinajstić information content (AvgIpc) is 2.31. The second kappa shape index (κ2) is 4.97. The number of alkyl halides is 3. The molecule has 94 valence electrons. The Bertz CT molecular complexity index is 557. The van der Waals surface area contributed by atoms with E-state index in [1.807, 2.05) is 0 Å². The number of pyridine rings is 1. The fourth-order valence-corrected chi connectivity index (χ4v) is 1.69. The van der Waals surface area contributed by atoms with Gasteiger partial charge in [-0.15, -0.1) is 0 Å². The second-order valence-electron chi connectivity index (χ2n) is 3.39. The summed E-state index contributed by atoms with van der Waals surface area (Å²) >= 11 is 3.19. The van der Waals surface area contributed by atoms with E-state index < -0.39 is 17.6 Å². The van der Waals surface area contributed by atoms with Crippen molar-refractivity contribution in [3.63, 3.8) is 0 Å². The van der Waals surface area contributed by atoms with Gasteiger partial charge < -0.3 is 4.74 Å². The van der Waals surface area contributed by atoms with Crippen molar-refractivity contribution in [1.29, 1.82) is 0 Å². The summed E-state index contributed by atoms with van der Waals surface area (Å²) in [6, 6.07) is 8.77. The van der Waals surface area contributed by atoms with E-state index in [1.165, 1.54) is 12.3 Å². The van der Waals surface area contributed by atoms with E-state index in [0.717, 1.165) is 6.07 Å². The van der Waals surface area contributed by atoms with Crippen molar-refractivity contribution in [3.05, 3.63) is 52.6 Å². The fraction of sp³-hybridized carbons (Fsp3) is 0.0833. The van der Waals surface area contributed by atoms with Gasteiger partial charge in [-0.1, -0.05) is 12.1 Å². The maximum atomic E-state index is 12.7. The van der Waals surface area contributed by atoms with Crippen molar-refractivity contribution in [3.8, 4) is 11.6 Å². The van der Waals surface area contributed by atoms with Gasteiger partial charge in [-0.25, -0.2) is 4.98 Å². The Morgan fingerprint density at radius 2 is 1.78 bits per heavy atom. The van der Waals surface area contributed by atoms with E-state index in [0.29, 0.717) is 4.47 Å². The second-order valence-corrected chi connectivity index (χ2v) is 4.24. The maximum absolute atomic E-state index is 12.7. The van der Waals surface area contributed by atoms with Gasteiger partial charge in [0.25, 0.3) is 0 Å². The molecular formula is C12H7BrF3NO. The zero-order valence-corrected chi connectivity index (χ0v) is 10.5. The summed E-state index contributed by atoms with van der Waals surface area (Å²) in [6.07, 6.45) is -3.24. The van der Waals surface area contributed by atoms with Crippen molar-refractivity contribution in [2.24, 2.45) is 0 Å².